The molecular formula is C5H9N3O. The summed E-state index contributed by atoms with van der Waals surface area (Å²) in [5, 5.41) is 0. The summed E-state index contributed by atoms with van der Waals surface area (Å²) in [6.45, 7) is 1.94. The van der Waals surface area contributed by atoms with E-state index < -0.39 is 0 Å². The second kappa shape index (κ2) is 1.97. The summed E-state index contributed by atoms with van der Waals surface area (Å²) >= 11 is 0. The molecule has 4 N–H and O–H groups in total. The fourth-order valence-electron chi connectivity index (χ4n) is 0.636. The number of rotatable bonds is 1. The molecule has 1 aromatic heterocycles. The minimum absolute atomic E-state index is 0.143. The van der Waals surface area contributed by atoms with Crippen LogP contribution < -0.4 is 11.5 Å². The van der Waals surface area contributed by atoms with E-state index in [1.54, 1.807) is 0 Å². The second-order valence-electron chi connectivity index (χ2n) is 1.72. The van der Waals surface area contributed by atoms with Crippen molar-refractivity contribution in [2.45, 2.75) is 13.3 Å². The van der Waals surface area contributed by atoms with Crippen LogP contribution in [0.4, 0.5) is 11.9 Å². The van der Waals surface area contributed by atoms with E-state index in [-0.39, 0.29) is 6.01 Å². The molecule has 0 unspecified atom stereocenters. The zero-order valence-corrected chi connectivity index (χ0v) is 5.22. The zero-order valence-electron chi connectivity index (χ0n) is 5.22. The van der Waals surface area contributed by atoms with Crippen LogP contribution in [0.3, 0.4) is 0 Å². The highest BCUT2D eigenvalue weighted by atomic mass is 16.4. The zero-order chi connectivity index (χ0) is 6.85. The Morgan fingerprint density at radius 1 is 1.56 bits per heavy atom. The summed E-state index contributed by atoms with van der Waals surface area (Å²) < 4.78 is 4.75. The summed E-state index contributed by atoms with van der Waals surface area (Å²) in [5.41, 5.74) is 11.3. The summed E-state index contributed by atoms with van der Waals surface area (Å²) in [7, 11) is 0. The maximum absolute atomic E-state index is 5.34. The molecule has 1 heterocycles. The van der Waals surface area contributed by atoms with Crippen LogP contribution in [0.15, 0.2) is 4.42 Å². The van der Waals surface area contributed by atoms with Gasteiger partial charge < -0.3 is 15.9 Å². The van der Waals surface area contributed by atoms with Gasteiger partial charge in [0.05, 0.1) is 0 Å². The molecule has 1 aromatic rings. The van der Waals surface area contributed by atoms with Gasteiger partial charge in [0.15, 0.2) is 0 Å². The van der Waals surface area contributed by atoms with Gasteiger partial charge >= 0.3 is 0 Å². The molecule has 0 radical (unpaired) electrons. The van der Waals surface area contributed by atoms with Gasteiger partial charge in [-0.25, -0.2) is 0 Å². The lowest BCUT2D eigenvalue weighted by Gasteiger charge is -1.83. The summed E-state index contributed by atoms with van der Waals surface area (Å²) in [6, 6.07) is 0.143. The first-order chi connectivity index (χ1) is 4.24. The molecule has 0 aliphatic rings. The lowest BCUT2D eigenvalue weighted by molar-refractivity contribution is 0.599. The smallest absolute Gasteiger partial charge is 0.293 e. The topological polar surface area (TPSA) is 78.1 Å². The monoisotopic (exact) mass is 127 g/mol. The molecule has 0 aliphatic carbocycles. The van der Waals surface area contributed by atoms with Crippen molar-refractivity contribution < 1.29 is 4.42 Å². The number of hydrogen-bond donors (Lipinski definition) is 2. The number of aryl methyl sites for hydroxylation is 1. The van der Waals surface area contributed by atoms with E-state index in [1.807, 2.05) is 6.92 Å². The van der Waals surface area contributed by atoms with Crippen molar-refractivity contribution in [1.82, 2.24) is 4.98 Å². The lowest BCUT2D eigenvalue weighted by Crippen LogP contribution is -1.88. The molecule has 1 rings (SSSR count). The highest BCUT2D eigenvalue weighted by Gasteiger charge is 2.03. The minimum atomic E-state index is 0.143. The quantitative estimate of drug-likeness (QED) is 0.572. The number of oxazole rings is 1. The Morgan fingerprint density at radius 3 is 2.44 bits per heavy atom. The molecule has 50 valence electrons. The lowest BCUT2D eigenvalue weighted by atomic mass is 10.4. The molecule has 0 aliphatic heterocycles. The minimum Gasteiger partial charge on any atom is -0.408 e. The molecular weight excluding hydrogens is 118 g/mol. The third-order valence-corrected chi connectivity index (χ3v) is 1.08. The van der Waals surface area contributed by atoms with Crippen LogP contribution in [-0.2, 0) is 6.42 Å². The molecule has 4 heteroatoms. The number of nitrogen functional groups attached to an aromatic ring is 2. The van der Waals surface area contributed by atoms with Gasteiger partial charge in [0.1, 0.15) is 5.69 Å². The fourth-order valence-corrected chi connectivity index (χ4v) is 0.636. The number of anilines is 2. The third-order valence-electron chi connectivity index (χ3n) is 1.08. The van der Waals surface area contributed by atoms with E-state index in [4.69, 9.17) is 15.9 Å². The van der Waals surface area contributed by atoms with Crippen molar-refractivity contribution in [3.8, 4) is 0 Å². The van der Waals surface area contributed by atoms with Crippen LogP contribution in [0.1, 0.15) is 12.6 Å². The molecule has 0 bridgehead atoms. The predicted molar refractivity (Wildman–Crippen MR) is 34.7 cm³/mol. The Morgan fingerprint density at radius 2 is 2.22 bits per heavy atom. The number of aromatic nitrogens is 1. The van der Waals surface area contributed by atoms with Crippen LogP contribution in [0, 0.1) is 0 Å². The second-order valence-corrected chi connectivity index (χ2v) is 1.72. The van der Waals surface area contributed by atoms with Gasteiger partial charge in [0.25, 0.3) is 6.01 Å². The number of nitrogens with zero attached hydrogens (tertiary/aromatic N) is 1. The first kappa shape index (κ1) is 5.94. The first-order valence-electron chi connectivity index (χ1n) is 2.74. The SMILES string of the molecule is CCc1nc(N)oc1N. The molecule has 0 fully saturated rings. The Labute approximate surface area is 52.9 Å². The van der Waals surface area contributed by atoms with Crippen molar-refractivity contribution in [2.75, 3.05) is 11.5 Å². The van der Waals surface area contributed by atoms with E-state index in [0.29, 0.717) is 5.88 Å². The number of nitrogens with two attached hydrogens (primary N) is 2. The highest BCUT2D eigenvalue weighted by molar-refractivity contribution is 5.35. The first-order valence-corrected chi connectivity index (χ1v) is 2.74. The maximum Gasteiger partial charge on any atom is 0.293 e. The van der Waals surface area contributed by atoms with Crippen LogP contribution in [0.25, 0.3) is 0 Å². The van der Waals surface area contributed by atoms with Gasteiger partial charge in [-0.1, -0.05) is 6.92 Å². The fraction of sp³-hybridized carbons (Fsp3) is 0.400. The normalized spacial score (nSPS) is 9.89. The van der Waals surface area contributed by atoms with Gasteiger partial charge in [-0.15, -0.1) is 0 Å². The van der Waals surface area contributed by atoms with Crippen molar-refractivity contribution in [1.29, 1.82) is 0 Å². The van der Waals surface area contributed by atoms with Crippen molar-refractivity contribution in [2.24, 2.45) is 0 Å². The molecule has 0 saturated carbocycles. The van der Waals surface area contributed by atoms with E-state index in [9.17, 15) is 0 Å². The standard InChI is InChI=1S/C5H9N3O/c1-2-3-4(6)9-5(7)8-3/h2,6H2,1H3,(H2,7,8). The summed E-state index contributed by atoms with van der Waals surface area (Å²) in [5.74, 6) is 0.329. The molecule has 0 amide bonds. The van der Waals surface area contributed by atoms with E-state index in [1.165, 1.54) is 0 Å². The molecule has 0 spiro atoms. The van der Waals surface area contributed by atoms with Gasteiger partial charge in [-0.2, -0.15) is 4.98 Å². The van der Waals surface area contributed by atoms with Gasteiger partial charge in [-0.05, 0) is 6.42 Å². The molecule has 0 atom stereocenters. The number of hydrogen-bond acceptors (Lipinski definition) is 4. The van der Waals surface area contributed by atoms with Crippen LogP contribution in [0.5, 0.6) is 0 Å². The van der Waals surface area contributed by atoms with Crippen LogP contribution in [0.2, 0.25) is 0 Å². The average Bonchev–Trinajstić information content (AvgIpc) is 2.10. The maximum atomic E-state index is 5.34. The van der Waals surface area contributed by atoms with Crippen molar-refractivity contribution in [3.63, 3.8) is 0 Å². The molecule has 0 saturated heterocycles. The summed E-state index contributed by atoms with van der Waals surface area (Å²) in [4.78, 5) is 3.81. The molecule has 4 nitrogen and oxygen atoms in total. The Kier molecular flexibility index (Phi) is 1.30. The van der Waals surface area contributed by atoms with Gasteiger partial charge in [0, 0.05) is 0 Å². The van der Waals surface area contributed by atoms with Crippen molar-refractivity contribution >= 4 is 11.9 Å². The van der Waals surface area contributed by atoms with Gasteiger partial charge in [0.2, 0.25) is 5.88 Å². The van der Waals surface area contributed by atoms with Crippen LogP contribution in [-0.4, -0.2) is 4.98 Å². The largest absolute Gasteiger partial charge is 0.408 e. The molecule has 9 heavy (non-hydrogen) atoms. The Balaban J connectivity index is 3.01. The predicted octanol–water partition coefficient (Wildman–Crippen LogP) is 0.401. The average molecular weight is 127 g/mol. The highest BCUT2D eigenvalue weighted by Crippen LogP contribution is 2.13. The van der Waals surface area contributed by atoms with E-state index in [2.05, 4.69) is 4.98 Å². The summed E-state index contributed by atoms with van der Waals surface area (Å²) in [6.07, 6.45) is 0.756. The van der Waals surface area contributed by atoms with E-state index in [0.717, 1.165) is 12.1 Å². The Bertz CT molecular complexity index is 206. The van der Waals surface area contributed by atoms with E-state index >= 15 is 0 Å². The van der Waals surface area contributed by atoms with Gasteiger partial charge in [-0.3, -0.25) is 0 Å². The third kappa shape index (κ3) is 0.960. The Hall–Kier alpha value is -1.19. The molecule has 0 aromatic carbocycles. The van der Waals surface area contributed by atoms with Crippen LogP contribution >= 0.6 is 0 Å². The van der Waals surface area contributed by atoms with Crippen molar-refractivity contribution in [3.05, 3.63) is 5.69 Å².